The van der Waals surface area contributed by atoms with Crippen LogP contribution in [0.15, 0.2) is 24.3 Å². The van der Waals surface area contributed by atoms with Crippen LogP contribution in [0.5, 0.6) is 0 Å². The van der Waals surface area contributed by atoms with Crippen LogP contribution >= 0.6 is 0 Å². The third-order valence-corrected chi connectivity index (χ3v) is 5.08. The molecule has 1 amide bonds. The number of benzene rings is 1. The van der Waals surface area contributed by atoms with E-state index in [2.05, 4.69) is 35.0 Å². The lowest BCUT2D eigenvalue weighted by Crippen LogP contribution is -2.46. The van der Waals surface area contributed by atoms with Crippen LogP contribution in [0.3, 0.4) is 0 Å². The van der Waals surface area contributed by atoms with E-state index in [4.69, 9.17) is 5.11 Å². The number of carbonyl (C=O) groups is 2. The highest BCUT2D eigenvalue weighted by Gasteiger charge is 2.25. The van der Waals surface area contributed by atoms with Crippen molar-refractivity contribution >= 4 is 11.9 Å². The number of likely N-dealkylation sites (tertiary alicyclic amines) is 1. The van der Waals surface area contributed by atoms with Gasteiger partial charge in [-0.15, -0.1) is 0 Å². The van der Waals surface area contributed by atoms with Gasteiger partial charge in [-0.3, -0.25) is 19.4 Å². The van der Waals surface area contributed by atoms with E-state index in [0.717, 1.165) is 44.6 Å². The molecule has 150 valence electrons. The first-order valence-corrected chi connectivity index (χ1v) is 9.94. The molecule has 1 fully saturated rings. The number of nitrogens with zero attached hydrogens (tertiary/aromatic N) is 2. The summed E-state index contributed by atoms with van der Waals surface area (Å²) in [6, 6.07) is 8.18. The minimum absolute atomic E-state index is 0.0171. The zero-order chi connectivity index (χ0) is 19.8. The van der Waals surface area contributed by atoms with Gasteiger partial charge in [0.05, 0.1) is 6.54 Å². The summed E-state index contributed by atoms with van der Waals surface area (Å²) in [6.07, 6.45) is 1.96. The van der Waals surface area contributed by atoms with Gasteiger partial charge in [0.15, 0.2) is 0 Å². The molecule has 0 aliphatic carbocycles. The number of nitrogens with one attached hydrogen (secondary N) is 1. The van der Waals surface area contributed by atoms with Gasteiger partial charge >= 0.3 is 5.97 Å². The van der Waals surface area contributed by atoms with Crippen LogP contribution in [0.4, 0.5) is 0 Å². The molecule has 0 unspecified atom stereocenters. The maximum Gasteiger partial charge on any atom is 0.317 e. The van der Waals surface area contributed by atoms with E-state index < -0.39 is 5.97 Å². The maximum absolute atomic E-state index is 12.3. The zero-order valence-electron chi connectivity index (χ0n) is 16.8. The number of carboxylic acid groups (broad SMARTS) is 1. The number of hydrogen-bond donors (Lipinski definition) is 2. The van der Waals surface area contributed by atoms with E-state index in [1.165, 1.54) is 0 Å². The molecule has 1 aromatic rings. The van der Waals surface area contributed by atoms with Crippen LogP contribution in [0.25, 0.3) is 0 Å². The quantitative estimate of drug-likeness (QED) is 0.694. The molecule has 1 aliphatic rings. The highest BCUT2D eigenvalue weighted by atomic mass is 16.4. The van der Waals surface area contributed by atoms with Crippen LogP contribution in [-0.2, 0) is 11.3 Å². The van der Waals surface area contributed by atoms with Crippen LogP contribution in [-0.4, -0.2) is 65.5 Å². The average molecular weight is 376 g/mol. The van der Waals surface area contributed by atoms with E-state index in [1.54, 1.807) is 0 Å². The average Bonchev–Trinajstić information content (AvgIpc) is 2.65. The number of aliphatic carboxylic acids is 1. The third-order valence-electron chi connectivity index (χ3n) is 5.08. The molecule has 0 bridgehead atoms. The number of carbonyl (C=O) groups excluding carboxylic acids is 1. The van der Waals surface area contributed by atoms with Gasteiger partial charge in [-0.2, -0.15) is 0 Å². The maximum atomic E-state index is 12.3. The number of amides is 1. The van der Waals surface area contributed by atoms with Gasteiger partial charge in [-0.05, 0) is 56.1 Å². The van der Waals surface area contributed by atoms with E-state index in [-0.39, 0.29) is 12.5 Å². The van der Waals surface area contributed by atoms with E-state index in [9.17, 15) is 9.59 Å². The minimum Gasteiger partial charge on any atom is -0.480 e. The summed E-state index contributed by atoms with van der Waals surface area (Å²) in [6.45, 7) is 10.5. The molecule has 1 heterocycles. The molecule has 0 saturated carbocycles. The van der Waals surface area contributed by atoms with Crippen molar-refractivity contribution in [1.29, 1.82) is 0 Å². The van der Waals surface area contributed by atoms with Crippen LogP contribution in [0.1, 0.15) is 49.5 Å². The van der Waals surface area contributed by atoms with Crippen LogP contribution in [0.2, 0.25) is 0 Å². The molecular weight excluding hydrogens is 342 g/mol. The molecule has 0 atom stereocenters. The Morgan fingerprint density at radius 3 is 2.59 bits per heavy atom. The normalized spacial score (nSPS) is 16.0. The van der Waals surface area contributed by atoms with Crippen molar-refractivity contribution in [2.24, 2.45) is 5.92 Å². The SMILES string of the molecule is CCN(CC(=O)O)C1CCN(Cc2cccc(C(=O)NCC(C)C)c2)CC1. The fraction of sp³-hybridized carbons (Fsp3) is 0.619. The van der Waals surface area contributed by atoms with Crippen molar-refractivity contribution < 1.29 is 14.7 Å². The zero-order valence-corrected chi connectivity index (χ0v) is 16.8. The van der Waals surface area contributed by atoms with E-state index >= 15 is 0 Å². The number of likely N-dealkylation sites (N-methyl/N-ethyl adjacent to an activating group) is 1. The lowest BCUT2D eigenvalue weighted by atomic mass is 10.0. The van der Waals surface area contributed by atoms with Crippen molar-refractivity contribution in [2.75, 3.05) is 32.7 Å². The minimum atomic E-state index is -0.758. The Morgan fingerprint density at radius 2 is 2.00 bits per heavy atom. The number of carboxylic acids is 1. The first-order valence-electron chi connectivity index (χ1n) is 9.94. The van der Waals surface area contributed by atoms with Gasteiger partial charge in [-0.1, -0.05) is 32.9 Å². The molecule has 2 rings (SSSR count). The summed E-state index contributed by atoms with van der Waals surface area (Å²) in [4.78, 5) is 27.7. The molecule has 27 heavy (non-hydrogen) atoms. The predicted molar refractivity (Wildman–Crippen MR) is 107 cm³/mol. The van der Waals surface area contributed by atoms with Gasteiger partial charge in [0.1, 0.15) is 0 Å². The summed E-state index contributed by atoms with van der Waals surface area (Å²) in [5, 5.41) is 12.0. The summed E-state index contributed by atoms with van der Waals surface area (Å²) < 4.78 is 0. The summed E-state index contributed by atoms with van der Waals surface area (Å²) in [7, 11) is 0. The lowest BCUT2D eigenvalue weighted by molar-refractivity contribution is -0.139. The summed E-state index contributed by atoms with van der Waals surface area (Å²) >= 11 is 0. The second-order valence-electron chi connectivity index (χ2n) is 7.77. The molecule has 0 aromatic heterocycles. The molecule has 2 N–H and O–H groups in total. The Bertz CT molecular complexity index is 625. The smallest absolute Gasteiger partial charge is 0.317 e. The predicted octanol–water partition coefficient (Wildman–Crippen LogP) is 2.44. The second-order valence-corrected chi connectivity index (χ2v) is 7.77. The second kappa shape index (κ2) is 10.4. The van der Waals surface area contributed by atoms with Gasteiger partial charge in [0.2, 0.25) is 0 Å². The largest absolute Gasteiger partial charge is 0.480 e. The first kappa shape index (κ1) is 21.4. The standard InChI is InChI=1S/C21H33N3O3/c1-4-24(15-20(25)26)19-8-10-23(11-9-19)14-17-6-5-7-18(12-17)21(27)22-13-16(2)3/h5-7,12,16,19H,4,8-11,13-15H2,1-3H3,(H,22,27)(H,25,26). The van der Waals surface area contributed by atoms with Crippen LogP contribution < -0.4 is 5.32 Å². The summed E-state index contributed by atoms with van der Waals surface area (Å²) in [5.41, 5.74) is 1.85. The van der Waals surface area contributed by atoms with Crippen molar-refractivity contribution in [3.05, 3.63) is 35.4 Å². The van der Waals surface area contributed by atoms with Gasteiger partial charge < -0.3 is 10.4 Å². The molecular formula is C21H33N3O3. The van der Waals surface area contributed by atoms with Gasteiger partial charge in [-0.25, -0.2) is 0 Å². The van der Waals surface area contributed by atoms with E-state index in [0.29, 0.717) is 24.1 Å². The number of hydrogen-bond acceptors (Lipinski definition) is 4. The fourth-order valence-corrected chi connectivity index (χ4v) is 3.58. The number of rotatable bonds is 9. The highest BCUT2D eigenvalue weighted by Crippen LogP contribution is 2.19. The van der Waals surface area contributed by atoms with Gasteiger partial charge in [0, 0.05) is 24.7 Å². The molecule has 6 heteroatoms. The number of piperidine rings is 1. The van der Waals surface area contributed by atoms with Crippen molar-refractivity contribution in [3.8, 4) is 0 Å². The van der Waals surface area contributed by atoms with Crippen molar-refractivity contribution in [1.82, 2.24) is 15.1 Å². The Kier molecular flexibility index (Phi) is 8.25. The lowest BCUT2D eigenvalue weighted by Gasteiger charge is -2.37. The Balaban J connectivity index is 1.87. The molecule has 6 nitrogen and oxygen atoms in total. The first-order chi connectivity index (χ1) is 12.9. The fourth-order valence-electron chi connectivity index (χ4n) is 3.58. The molecule has 1 saturated heterocycles. The monoisotopic (exact) mass is 375 g/mol. The molecule has 1 aromatic carbocycles. The van der Waals surface area contributed by atoms with Crippen molar-refractivity contribution in [3.63, 3.8) is 0 Å². The van der Waals surface area contributed by atoms with Crippen molar-refractivity contribution in [2.45, 2.75) is 46.2 Å². The highest BCUT2D eigenvalue weighted by molar-refractivity contribution is 5.94. The van der Waals surface area contributed by atoms with Gasteiger partial charge in [0.25, 0.3) is 5.91 Å². The Morgan fingerprint density at radius 1 is 1.30 bits per heavy atom. The Hall–Kier alpha value is -1.92. The molecule has 0 spiro atoms. The third kappa shape index (κ3) is 6.96. The van der Waals surface area contributed by atoms with E-state index in [1.807, 2.05) is 25.1 Å². The molecule has 1 aliphatic heterocycles. The van der Waals surface area contributed by atoms with Crippen LogP contribution in [0, 0.1) is 5.92 Å². The topological polar surface area (TPSA) is 72.9 Å². The Labute approximate surface area is 162 Å². The summed E-state index contributed by atoms with van der Waals surface area (Å²) in [5.74, 6) is -0.342. The molecule has 0 radical (unpaired) electrons.